The summed E-state index contributed by atoms with van der Waals surface area (Å²) in [4.78, 5) is 11.8. The van der Waals surface area contributed by atoms with Crippen LogP contribution in [0.3, 0.4) is 0 Å². The van der Waals surface area contributed by atoms with Crippen LogP contribution in [0.15, 0.2) is 24.3 Å². The summed E-state index contributed by atoms with van der Waals surface area (Å²) in [7, 11) is 0. The van der Waals surface area contributed by atoms with Crippen LogP contribution in [0.2, 0.25) is 0 Å². The molecular weight excluding hydrogens is 186 g/mol. The molecule has 0 heterocycles. The first-order valence-electron chi connectivity index (χ1n) is 5.64. The molecule has 1 aromatic carbocycles. The molecule has 0 unspecified atom stereocenters. The first-order valence-corrected chi connectivity index (χ1v) is 5.64. The largest absolute Gasteiger partial charge is 0.349 e. The summed E-state index contributed by atoms with van der Waals surface area (Å²) >= 11 is 0. The van der Waals surface area contributed by atoms with Crippen LogP contribution in [0.1, 0.15) is 42.5 Å². The van der Waals surface area contributed by atoms with Crippen LogP contribution in [0.25, 0.3) is 0 Å². The highest BCUT2D eigenvalue weighted by molar-refractivity contribution is 5.94. The number of amides is 1. The van der Waals surface area contributed by atoms with Gasteiger partial charge in [0.1, 0.15) is 0 Å². The van der Waals surface area contributed by atoms with Gasteiger partial charge in [0.25, 0.3) is 5.91 Å². The fourth-order valence-corrected chi connectivity index (χ4v) is 2.04. The van der Waals surface area contributed by atoms with Crippen molar-refractivity contribution in [1.29, 1.82) is 0 Å². The lowest BCUT2D eigenvalue weighted by molar-refractivity contribution is 0.0927. The molecule has 15 heavy (non-hydrogen) atoms. The Kier molecular flexibility index (Phi) is 3.38. The van der Waals surface area contributed by atoms with Gasteiger partial charge in [-0.25, -0.2) is 0 Å². The van der Waals surface area contributed by atoms with Crippen LogP contribution < -0.4 is 5.32 Å². The van der Waals surface area contributed by atoms with E-state index in [2.05, 4.69) is 11.4 Å². The molecule has 0 saturated heterocycles. The number of hydrogen-bond donors (Lipinski definition) is 1. The molecular formula is C13H16NO. The molecule has 2 rings (SSSR count). The van der Waals surface area contributed by atoms with E-state index in [-0.39, 0.29) is 5.91 Å². The van der Waals surface area contributed by atoms with Crippen LogP contribution in [0, 0.1) is 6.07 Å². The zero-order valence-corrected chi connectivity index (χ0v) is 8.83. The average Bonchev–Trinajstić information content (AvgIpc) is 2.31. The highest BCUT2D eigenvalue weighted by atomic mass is 16.1. The summed E-state index contributed by atoms with van der Waals surface area (Å²) in [5.74, 6) is 0.0162. The molecule has 0 aliphatic heterocycles. The first-order chi connectivity index (χ1) is 7.36. The Bertz CT molecular complexity index is 315. The molecule has 2 nitrogen and oxygen atoms in total. The predicted molar refractivity (Wildman–Crippen MR) is 59.6 cm³/mol. The van der Waals surface area contributed by atoms with Gasteiger partial charge in [0.15, 0.2) is 0 Å². The Balaban J connectivity index is 1.91. The second kappa shape index (κ2) is 4.96. The van der Waals surface area contributed by atoms with Crippen molar-refractivity contribution in [2.24, 2.45) is 0 Å². The second-order valence-corrected chi connectivity index (χ2v) is 4.08. The molecule has 2 heteroatoms. The summed E-state index contributed by atoms with van der Waals surface area (Å²) in [6, 6.07) is 10.6. The van der Waals surface area contributed by atoms with Crippen molar-refractivity contribution in [1.82, 2.24) is 5.32 Å². The third kappa shape index (κ3) is 2.82. The zero-order valence-electron chi connectivity index (χ0n) is 8.83. The van der Waals surface area contributed by atoms with Gasteiger partial charge < -0.3 is 5.32 Å². The highest BCUT2D eigenvalue weighted by Gasteiger charge is 2.16. The first kappa shape index (κ1) is 10.2. The van der Waals surface area contributed by atoms with Gasteiger partial charge >= 0.3 is 0 Å². The van der Waals surface area contributed by atoms with E-state index in [4.69, 9.17) is 0 Å². The molecule has 1 amide bonds. The number of carbonyl (C=O) groups excluding carboxylic acids is 1. The van der Waals surface area contributed by atoms with E-state index < -0.39 is 0 Å². The second-order valence-electron chi connectivity index (χ2n) is 4.08. The minimum atomic E-state index is 0.0162. The van der Waals surface area contributed by atoms with E-state index in [0.29, 0.717) is 11.6 Å². The van der Waals surface area contributed by atoms with Gasteiger partial charge in [0, 0.05) is 11.6 Å². The monoisotopic (exact) mass is 202 g/mol. The van der Waals surface area contributed by atoms with Crippen molar-refractivity contribution < 1.29 is 4.79 Å². The van der Waals surface area contributed by atoms with Gasteiger partial charge in [0.2, 0.25) is 0 Å². The van der Waals surface area contributed by atoms with Gasteiger partial charge in [-0.1, -0.05) is 37.5 Å². The number of benzene rings is 1. The van der Waals surface area contributed by atoms with Crippen LogP contribution >= 0.6 is 0 Å². The molecule has 1 N–H and O–H groups in total. The summed E-state index contributed by atoms with van der Waals surface area (Å²) in [6.45, 7) is 0. The van der Waals surface area contributed by atoms with Crippen molar-refractivity contribution in [2.75, 3.05) is 0 Å². The molecule has 1 saturated carbocycles. The van der Waals surface area contributed by atoms with E-state index in [1.807, 2.05) is 12.1 Å². The van der Waals surface area contributed by atoms with Crippen LogP contribution in [0.4, 0.5) is 0 Å². The lowest BCUT2D eigenvalue weighted by Gasteiger charge is -2.22. The topological polar surface area (TPSA) is 29.1 Å². The van der Waals surface area contributed by atoms with E-state index in [1.54, 1.807) is 12.1 Å². The molecule has 1 fully saturated rings. The summed E-state index contributed by atoms with van der Waals surface area (Å²) < 4.78 is 0. The number of carbonyl (C=O) groups is 1. The highest BCUT2D eigenvalue weighted by Crippen LogP contribution is 2.17. The fraction of sp³-hybridized carbons (Fsp3) is 0.462. The minimum absolute atomic E-state index is 0.0162. The molecule has 0 spiro atoms. The normalized spacial score (nSPS) is 17.3. The molecule has 0 aromatic heterocycles. The Morgan fingerprint density at radius 3 is 2.73 bits per heavy atom. The molecule has 1 aromatic rings. The van der Waals surface area contributed by atoms with E-state index in [1.165, 1.54) is 19.3 Å². The van der Waals surface area contributed by atoms with Crippen molar-refractivity contribution in [3.63, 3.8) is 0 Å². The third-order valence-electron chi connectivity index (χ3n) is 2.89. The van der Waals surface area contributed by atoms with Crippen molar-refractivity contribution >= 4 is 5.91 Å². The van der Waals surface area contributed by atoms with Crippen molar-refractivity contribution in [3.05, 3.63) is 35.9 Å². The number of rotatable bonds is 2. The lowest BCUT2D eigenvalue weighted by atomic mass is 9.95. The van der Waals surface area contributed by atoms with E-state index >= 15 is 0 Å². The Morgan fingerprint density at radius 1 is 1.27 bits per heavy atom. The maximum absolute atomic E-state index is 11.8. The molecule has 0 atom stereocenters. The number of hydrogen-bond acceptors (Lipinski definition) is 1. The maximum Gasteiger partial charge on any atom is 0.252 e. The van der Waals surface area contributed by atoms with Gasteiger partial charge in [-0.05, 0) is 25.0 Å². The fourth-order valence-electron chi connectivity index (χ4n) is 2.04. The Morgan fingerprint density at radius 2 is 2.07 bits per heavy atom. The molecule has 0 bridgehead atoms. The standard InChI is InChI=1S/C13H16NO/c15-13(11-7-3-1-4-8-11)14-12-9-5-2-6-10-12/h1,3-4,7,12H,2,5-6,9-10H2,(H,14,15). The third-order valence-corrected chi connectivity index (χ3v) is 2.89. The van der Waals surface area contributed by atoms with E-state index in [0.717, 1.165) is 12.8 Å². The molecule has 1 radical (unpaired) electrons. The van der Waals surface area contributed by atoms with Crippen molar-refractivity contribution in [2.45, 2.75) is 38.1 Å². The predicted octanol–water partition coefficient (Wildman–Crippen LogP) is 2.55. The molecule has 1 aliphatic rings. The number of nitrogens with one attached hydrogen (secondary N) is 1. The van der Waals surface area contributed by atoms with Gasteiger partial charge in [0.05, 0.1) is 0 Å². The Hall–Kier alpha value is -1.31. The lowest BCUT2D eigenvalue weighted by Crippen LogP contribution is -2.36. The molecule has 1 aliphatic carbocycles. The summed E-state index contributed by atoms with van der Waals surface area (Å²) in [5, 5.41) is 3.06. The van der Waals surface area contributed by atoms with Crippen LogP contribution in [-0.4, -0.2) is 11.9 Å². The van der Waals surface area contributed by atoms with E-state index in [9.17, 15) is 4.79 Å². The molecule has 79 valence electrons. The minimum Gasteiger partial charge on any atom is -0.349 e. The SMILES string of the molecule is O=C(NC1CCCCC1)c1[c]cccc1. The maximum atomic E-state index is 11.8. The summed E-state index contributed by atoms with van der Waals surface area (Å²) in [6.07, 6.45) is 6.04. The Labute approximate surface area is 90.7 Å². The van der Waals surface area contributed by atoms with Crippen molar-refractivity contribution in [3.8, 4) is 0 Å². The van der Waals surface area contributed by atoms with Crippen LogP contribution in [0.5, 0.6) is 0 Å². The van der Waals surface area contributed by atoms with Gasteiger partial charge in [-0.2, -0.15) is 0 Å². The van der Waals surface area contributed by atoms with Gasteiger partial charge in [-0.3, -0.25) is 4.79 Å². The van der Waals surface area contributed by atoms with Gasteiger partial charge in [-0.15, -0.1) is 0 Å². The smallest absolute Gasteiger partial charge is 0.252 e. The van der Waals surface area contributed by atoms with Crippen LogP contribution in [-0.2, 0) is 0 Å². The zero-order chi connectivity index (χ0) is 10.5. The quantitative estimate of drug-likeness (QED) is 0.784. The summed E-state index contributed by atoms with van der Waals surface area (Å²) in [5.41, 5.74) is 0.642. The average molecular weight is 202 g/mol.